The molecule has 0 amide bonds. The lowest BCUT2D eigenvalue weighted by atomic mass is 10.2. The second-order valence-electron chi connectivity index (χ2n) is 4.60. The van der Waals surface area contributed by atoms with Crippen LogP contribution in [-0.2, 0) is 13.1 Å². The van der Waals surface area contributed by atoms with E-state index < -0.39 is 0 Å². The van der Waals surface area contributed by atoms with Crippen LogP contribution >= 0.6 is 0 Å². The van der Waals surface area contributed by atoms with E-state index in [2.05, 4.69) is 22.1 Å². The molecular weight excluding hydrogens is 252 g/mol. The van der Waals surface area contributed by atoms with Crippen LogP contribution in [0.2, 0.25) is 0 Å². The van der Waals surface area contributed by atoms with Crippen LogP contribution in [0.3, 0.4) is 0 Å². The van der Waals surface area contributed by atoms with Crippen LogP contribution in [-0.4, -0.2) is 24.5 Å². The van der Waals surface area contributed by atoms with Crippen LogP contribution in [0.1, 0.15) is 12.5 Å². The van der Waals surface area contributed by atoms with Gasteiger partial charge in [0.15, 0.2) is 5.82 Å². The van der Waals surface area contributed by atoms with Gasteiger partial charge in [-0.1, -0.05) is 12.1 Å². The zero-order valence-electron chi connectivity index (χ0n) is 11.3. The maximum atomic E-state index is 5.77. The molecule has 6 heteroatoms. The van der Waals surface area contributed by atoms with Gasteiger partial charge in [-0.3, -0.25) is 4.68 Å². The van der Waals surface area contributed by atoms with Crippen molar-refractivity contribution in [1.82, 2.24) is 24.5 Å². The maximum absolute atomic E-state index is 5.77. The van der Waals surface area contributed by atoms with E-state index in [1.807, 2.05) is 41.3 Å². The van der Waals surface area contributed by atoms with Gasteiger partial charge in [-0.05, 0) is 19.1 Å². The number of hydrogen-bond acceptors (Lipinski definition) is 4. The number of hydrogen-bond donors (Lipinski definition) is 1. The van der Waals surface area contributed by atoms with E-state index in [4.69, 9.17) is 5.73 Å². The minimum Gasteiger partial charge on any atom is -0.399 e. The highest BCUT2D eigenvalue weighted by Gasteiger charge is 2.06. The van der Waals surface area contributed by atoms with Crippen molar-refractivity contribution >= 4 is 5.69 Å². The van der Waals surface area contributed by atoms with E-state index in [0.717, 1.165) is 17.7 Å². The van der Waals surface area contributed by atoms with E-state index in [1.165, 1.54) is 0 Å². The number of nitrogens with two attached hydrogens (primary N) is 1. The molecule has 2 heterocycles. The number of aromatic nitrogens is 5. The fraction of sp³-hybridized carbons (Fsp3) is 0.214. The van der Waals surface area contributed by atoms with E-state index >= 15 is 0 Å². The SMILES string of the molecule is CCn1cc(Cn2cnc(-c3cccc(N)c3)n2)cn1. The van der Waals surface area contributed by atoms with Crippen LogP contribution in [0.25, 0.3) is 11.4 Å². The molecule has 0 atom stereocenters. The van der Waals surface area contributed by atoms with Crippen LogP contribution < -0.4 is 5.73 Å². The van der Waals surface area contributed by atoms with Gasteiger partial charge in [0.25, 0.3) is 0 Å². The van der Waals surface area contributed by atoms with E-state index in [-0.39, 0.29) is 0 Å². The van der Waals surface area contributed by atoms with Gasteiger partial charge in [0.1, 0.15) is 6.33 Å². The van der Waals surface area contributed by atoms with Crippen molar-refractivity contribution in [2.24, 2.45) is 0 Å². The van der Waals surface area contributed by atoms with Crippen molar-refractivity contribution in [3.8, 4) is 11.4 Å². The number of rotatable bonds is 4. The fourth-order valence-electron chi connectivity index (χ4n) is 2.03. The highest BCUT2D eigenvalue weighted by atomic mass is 15.3. The third-order valence-electron chi connectivity index (χ3n) is 3.04. The van der Waals surface area contributed by atoms with Gasteiger partial charge in [-0.15, -0.1) is 0 Å². The summed E-state index contributed by atoms with van der Waals surface area (Å²) in [6.45, 7) is 3.59. The lowest BCUT2D eigenvalue weighted by molar-refractivity contribution is 0.654. The minimum atomic E-state index is 0.662. The summed E-state index contributed by atoms with van der Waals surface area (Å²) in [5, 5.41) is 8.71. The van der Waals surface area contributed by atoms with Gasteiger partial charge in [0, 0.05) is 29.6 Å². The van der Waals surface area contributed by atoms with Gasteiger partial charge in [-0.25, -0.2) is 9.67 Å². The maximum Gasteiger partial charge on any atom is 0.181 e. The molecular formula is C14H16N6. The van der Waals surface area contributed by atoms with Crippen molar-refractivity contribution < 1.29 is 0 Å². The molecule has 6 nitrogen and oxygen atoms in total. The summed E-state index contributed by atoms with van der Waals surface area (Å²) in [6.07, 6.45) is 5.59. The summed E-state index contributed by atoms with van der Waals surface area (Å²) in [5.41, 5.74) is 8.51. The quantitative estimate of drug-likeness (QED) is 0.732. The smallest absolute Gasteiger partial charge is 0.181 e. The van der Waals surface area contributed by atoms with Crippen LogP contribution in [0.5, 0.6) is 0 Å². The average molecular weight is 268 g/mol. The normalized spacial score (nSPS) is 10.8. The monoisotopic (exact) mass is 268 g/mol. The van der Waals surface area contributed by atoms with Crippen molar-refractivity contribution in [3.05, 3.63) is 48.5 Å². The van der Waals surface area contributed by atoms with Crippen molar-refractivity contribution in [3.63, 3.8) is 0 Å². The van der Waals surface area contributed by atoms with Gasteiger partial charge in [0.05, 0.1) is 12.7 Å². The summed E-state index contributed by atoms with van der Waals surface area (Å²) < 4.78 is 3.70. The molecule has 0 saturated carbocycles. The lowest BCUT2D eigenvalue weighted by Gasteiger charge is -1.98. The molecule has 102 valence electrons. The number of nitrogen functional groups attached to an aromatic ring is 1. The topological polar surface area (TPSA) is 74.5 Å². The summed E-state index contributed by atoms with van der Waals surface area (Å²) >= 11 is 0. The predicted octanol–water partition coefficient (Wildman–Crippen LogP) is 1.79. The standard InChI is InChI=1S/C14H16N6/c1-2-19-8-11(7-17-19)9-20-10-16-14(18-20)12-4-3-5-13(15)6-12/h3-8,10H,2,9,15H2,1H3. The summed E-state index contributed by atoms with van der Waals surface area (Å²) in [6, 6.07) is 7.57. The van der Waals surface area contributed by atoms with E-state index in [1.54, 1.807) is 11.0 Å². The molecule has 0 radical (unpaired) electrons. The molecule has 0 bridgehead atoms. The van der Waals surface area contributed by atoms with Crippen LogP contribution in [0, 0.1) is 0 Å². The number of aryl methyl sites for hydroxylation is 1. The minimum absolute atomic E-state index is 0.662. The third-order valence-corrected chi connectivity index (χ3v) is 3.04. The molecule has 1 aromatic carbocycles. The predicted molar refractivity (Wildman–Crippen MR) is 76.9 cm³/mol. The molecule has 3 rings (SSSR count). The van der Waals surface area contributed by atoms with Crippen LogP contribution in [0.15, 0.2) is 43.0 Å². The molecule has 0 aliphatic rings. The average Bonchev–Trinajstić information content (AvgIpc) is 3.08. The molecule has 0 fully saturated rings. The van der Waals surface area contributed by atoms with Gasteiger partial charge in [-0.2, -0.15) is 10.2 Å². The van der Waals surface area contributed by atoms with Crippen molar-refractivity contribution in [2.75, 3.05) is 5.73 Å². The van der Waals surface area contributed by atoms with Crippen molar-refractivity contribution in [2.45, 2.75) is 20.0 Å². The Bertz CT molecular complexity index is 712. The first kappa shape index (κ1) is 12.4. The van der Waals surface area contributed by atoms with Gasteiger partial charge in [0.2, 0.25) is 0 Å². The van der Waals surface area contributed by atoms with Crippen molar-refractivity contribution in [1.29, 1.82) is 0 Å². The molecule has 0 saturated heterocycles. The Labute approximate surface area is 116 Å². The lowest BCUT2D eigenvalue weighted by Crippen LogP contribution is -1.99. The zero-order chi connectivity index (χ0) is 13.9. The highest BCUT2D eigenvalue weighted by Crippen LogP contribution is 2.17. The number of anilines is 1. The van der Waals surface area contributed by atoms with Crippen LogP contribution in [0.4, 0.5) is 5.69 Å². The molecule has 0 aliphatic heterocycles. The highest BCUT2D eigenvalue weighted by molar-refractivity contribution is 5.60. The molecule has 2 aromatic heterocycles. The molecule has 0 unspecified atom stereocenters. The second-order valence-corrected chi connectivity index (χ2v) is 4.60. The van der Waals surface area contributed by atoms with E-state index in [0.29, 0.717) is 18.1 Å². The Morgan fingerprint density at radius 1 is 1.25 bits per heavy atom. The summed E-state index contributed by atoms with van der Waals surface area (Å²) in [5.74, 6) is 0.681. The van der Waals surface area contributed by atoms with E-state index in [9.17, 15) is 0 Å². The van der Waals surface area contributed by atoms with Gasteiger partial charge < -0.3 is 5.73 Å². The fourth-order valence-corrected chi connectivity index (χ4v) is 2.03. The largest absolute Gasteiger partial charge is 0.399 e. The number of nitrogens with zero attached hydrogens (tertiary/aromatic N) is 5. The zero-order valence-corrected chi connectivity index (χ0v) is 11.3. The molecule has 2 N–H and O–H groups in total. The molecule has 3 aromatic rings. The third kappa shape index (κ3) is 2.54. The second kappa shape index (κ2) is 5.16. The number of benzene rings is 1. The Morgan fingerprint density at radius 2 is 2.15 bits per heavy atom. The van der Waals surface area contributed by atoms with Gasteiger partial charge >= 0.3 is 0 Å². The molecule has 20 heavy (non-hydrogen) atoms. The Balaban J connectivity index is 1.80. The first-order valence-corrected chi connectivity index (χ1v) is 6.51. The summed E-state index contributed by atoms with van der Waals surface area (Å²) in [7, 11) is 0. The Morgan fingerprint density at radius 3 is 2.90 bits per heavy atom. The molecule has 0 aliphatic carbocycles. The first-order chi connectivity index (χ1) is 9.74. The first-order valence-electron chi connectivity index (χ1n) is 6.51. The molecule has 0 spiro atoms. The Hall–Kier alpha value is -2.63. The Kier molecular flexibility index (Phi) is 3.20. The summed E-state index contributed by atoms with van der Waals surface area (Å²) in [4.78, 5) is 4.32.